The number of carbonyl (C=O) groups excluding carboxylic acids is 1. The van der Waals surface area contributed by atoms with Crippen LogP contribution in [0.25, 0.3) is 0 Å². The van der Waals surface area contributed by atoms with E-state index in [1.807, 2.05) is 59.5 Å². The number of amidine groups is 1. The van der Waals surface area contributed by atoms with E-state index in [-0.39, 0.29) is 6.03 Å². The molecule has 2 amide bonds. The summed E-state index contributed by atoms with van der Waals surface area (Å²) in [6.07, 6.45) is 0.841. The zero-order valence-electron chi connectivity index (χ0n) is 19.5. The zero-order chi connectivity index (χ0) is 23.5. The topological polar surface area (TPSA) is 66.4 Å². The van der Waals surface area contributed by atoms with Gasteiger partial charge in [-0.1, -0.05) is 29.8 Å². The molecule has 0 aromatic heterocycles. The van der Waals surface area contributed by atoms with Gasteiger partial charge >= 0.3 is 6.03 Å². The highest BCUT2D eigenvalue weighted by atomic mass is 16.5. The van der Waals surface area contributed by atoms with Crippen molar-refractivity contribution in [1.82, 2.24) is 9.80 Å². The monoisotopic (exact) mass is 456 g/mol. The van der Waals surface area contributed by atoms with E-state index in [2.05, 4.69) is 29.3 Å². The SMILES string of the molecule is COc1cccc(NC(=O)N2CCCN(C3=Nc4ccccc4Oc4ccc(C)cc43)CC2)c1. The van der Waals surface area contributed by atoms with Gasteiger partial charge in [0.25, 0.3) is 0 Å². The van der Waals surface area contributed by atoms with Crippen LogP contribution >= 0.6 is 0 Å². The largest absolute Gasteiger partial charge is 0.497 e. The predicted molar refractivity (Wildman–Crippen MR) is 134 cm³/mol. The molecule has 0 atom stereocenters. The van der Waals surface area contributed by atoms with Crippen LogP contribution in [0.3, 0.4) is 0 Å². The van der Waals surface area contributed by atoms with E-state index in [1.54, 1.807) is 7.11 Å². The van der Waals surface area contributed by atoms with Crippen molar-refractivity contribution >= 4 is 23.2 Å². The molecule has 0 radical (unpaired) electrons. The number of hydrogen-bond donors (Lipinski definition) is 1. The second kappa shape index (κ2) is 9.47. The van der Waals surface area contributed by atoms with Gasteiger partial charge in [0.05, 0.1) is 12.7 Å². The van der Waals surface area contributed by atoms with Crippen LogP contribution < -0.4 is 14.8 Å². The first-order valence-corrected chi connectivity index (χ1v) is 11.5. The van der Waals surface area contributed by atoms with Crippen LogP contribution in [0.2, 0.25) is 0 Å². The fourth-order valence-corrected chi connectivity index (χ4v) is 4.31. The van der Waals surface area contributed by atoms with Gasteiger partial charge in [-0.15, -0.1) is 0 Å². The number of methoxy groups -OCH3 is 1. The molecule has 3 aromatic carbocycles. The molecule has 7 nitrogen and oxygen atoms in total. The number of fused-ring (bicyclic) bond motifs is 2. The Balaban J connectivity index is 1.37. The average molecular weight is 457 g/mol. The van der Waals surface area contributed by atoms with E-state index in [0.29, 0.717) is 25.4 Å². The van der Waals surface area contributed by atoms with E-state index >= 15 is 0 Å². The molecule has 0 saturated carbocycles. The number of rotatable bonds is 2. The summed E-state index contributed by atoms with van der Waals surface area (Å²) in [5.41, 5.74) is 3.65. The van der Waals surface area contributed by atoms with Crippen LogP contribution in [0.4, 0.5) is 16.2 Å². The number of nitrogens with zero attached hydrogens (tertiary/aromatic N) is 3. The van der Waals surface area contributed by atoms with Gasteiger partial charge in [0.1, 0.15) is 23.0 Å². The molecule has 5 rings (SSSR count). The van der Waals surface area contributed by atoms with Crippen LogP contribution in [0.5, 0.6) is 17.2 Å². The zero-order valence-corrected chi connectivity index (χ0v) is 19.5. The van der Waals surface area contributed by atoms with Crippen molar-refractivity contribution in [3.63, 3.8) is 0 Å². The summed E-state index contributed by atoms with van der Waals surface area (Å²) in [6.45, 7) is 4.83. The molecule has 1 saturated heterocycles. The number of aliphatic imine (C=N–C) groups is 1. The van der Waals surface area contributed by atoms with E-state index in [1.165, 1.54) is 0 Å². The van der Waals surface area contributed by atoms with E-state index < -0.39 is 0 Å². The molecule has 34 heavy (non-hydrogen) atoms. The van der Waals surface area contributed by atoms with Crippen molar-refractivity contribution in [2.45, 2.75) is 13.3 Å². The van der Waals surface area contributed by atoms with E-state index in [9.17, 15) is 4.79 Å². The fourth-order valence-electron chi connectivity index (χ4n) is 4.31. The highest BCUT2D eigenvalue weighted by molar-refractivity contribution is 6.04. The Morgan fingerprint density at radius 1 is 0.971 bits per heavy atom. The Morgan fingerprint density at radius 2 is 1.85 bits per heavy atom. The molecule has 2 heterocycles. The molecule has 0 aliphatic carbocycles. The summed E-state index contributed by atoms with van der Waals surface area (Å²) in [6, 6.07) is 21.3. The first kappa shape index (κ1) is 21.8. The summed E-state index contributed by atoms with van der Waals surface area (Å²) in [5, 5.41) is 2.99. The maximum Gasteiger partial charge on any atom is 0.321 e. The van der Waals surface area contributed by atoms with Gasteiger partial charge in [-0.3, -0.25) is 0 Å². The maximum absolute atomic E-state index is 13.0. The molecular formula is C27H28N4O3. The van der Waals surface area contributed by atoms with Crippen LogP contribution in [-0.2, 0) is 0 Å². The molecule has 174 valence electrons. The average Bonchev–Trinajstić information content (AvgIpc) is 3.19. The first-order valence-electron chi connectivity index (χ1n) is 11.5. The fraction of sp³-hybridized carbons (Fsp3) is 0.259. The van der Waals surface area contributed by atoms with Crippen molar-refractivity contribution in [1.29, 1.82) is 0 Å². The maximum atomic E-state index is 13.0. The van der Waals surface area contributed by atoms with Crippen molar-refractivity contribution in [3.8, 4) is 17.2 Å². The minimum Gasteiger partial charge on any atom is -0.497 e. The smallest absolute Gasteiger partial charge is 0.321 e. The highest BCUT2D eigenvalue weighted by Gasteiger charge is 2.26. The molecule has 0 unspecified atom stereocenters. The van der Waals surface area contributed by atoms with Gasteiger partial charge in [-0.2, -0.15) is 0 Å². The van der Waals surface area contributed by atoms with Crippen LogP contribution in [0, 0.1) is 6.92 Å². The van der Waals surface area contributed by atoms with Crippen molar-refractivity contribution in [3.05, 3.63) is 77.9 Å². The minimum atomic E-state index is -0.108. The Labute approximate surface area is 199 Å². The molecule has 2 aliphatic heterocycles. The van der Waals surface area contributed by atoms with Crippen molar-refractivity contribution in [2.75, 3.05) is 38.6 Å². The Bertz CT molecular complexity index is 1240. The standard InChI is InChI=1S/C27H28N4O3/c1-19-11-12-24-22(17-19)26(29-23-9-3-4-10-25(23)34-24)30-13-6-14-31(16-15-30)27(32)28-20-7-5-8-21(18-20)33-2/h3-5,7-12,17-18H,6,13-16H2,1-2H3,(H,28,32). The first-order chi connectivity index (χ1) is 16.6. The van der Waals surface area contributed by atoms with Crippen LogP contribution in [0.1, 0.15) is 17.5 Å². The number of aryl methyl sites for hydroxylation is 1. The predicted octanol–water partition coefficient (Wildman–Crippen LogP) is 5.43. The number of ether oxygens (including phenoxy) is 2. The number of nitrogens with one attached hydrogen (secondary N) is 1. The highest BCUT2D eigenvalue weighted by Crippen LogP contribution is 2.38. The third kappa shape index (κ3) is 4.55. The lowest BCUT2D eigenvalue weighted by Gasteiger charge is -2.25. The molecule has 1 fully saturated rings. The Kier molecular flexibility index (Phi) is 6.08. The Morgan fingerprint density at radius 3 is 2.74 bits per heavy atom. The lowest BCUT2D eigenvalue weighted by atomic mass is 10.1. The summed E-state index contributed by atoms with van der Waals surface area (Å²) in [7, 11) is 1.61. The molecule has 7 heteroatoms. The minimum absolute atomic E-state index is 0.108. The number of anilines is 1. The van der Waals surface area contributed by atoms with Crippen LogP contribution in [-0.4, -0.2) is 55.0 Å². The van der Waals surface area contributed by atoms with Gasteiger partial charge in [0.15, 0.2) is 5.75 Å². The number of hydrogen-bond acceptors (Lipinski definition) is 5. The van der Waals surface area contributed by atoms with E-state index in [4.69, 9.17) is 14.5 Å². The lowest BCUT2D eigenvalue weighted by molar-refractivity contribution is 0.214. The summed E-state index contributed by atoms with van der Waals surface area (Å²) >= 11 is 0. The molecule has 0 bridgehead atoms. The second-order valence-electron chi connectivity index (χ2n) is 8.49. The normalized spacial score (nSPS) is 15.2. The summed E-state index contributed by atoms with van der Waals surface area (Å²) in [5.74, 6) is 3.14. The molecule has 0 spiro atoms. The molecule has 1 N–H and O–H groups in total. The number of urea groups is 1. The third-order valence-corrected chi connectivity index (χ3v) is 6.09. The number of carbonyl (C=O) groups is 1. The van der Waals surface area contributed by atoms with Gasteiger partial charge in [0.2, 0.25) is 0 Å². The second-order valence-corrected chi connectivity index (χ2v) is 8.49. The van der Waals surface area contributed by atoms with Crippen molar-refractivity contribution in [2.24, 2.45) is 4.99 Å². The number of benzene rings is 3. The molecular weight excluding hydrogens is 428 g/mol. The van der Waals surface area contributed by atoms with Gasteiger partial charge in [-0.25, -0.2) is 9.79 Å². The van der Waals surface area contributed by atoms with Crippen molar-refractivity contribution < 1.29 is 14.3 Å². The molecule has 2 aliphatic rings. The lowest BCUT2D eigenvalue weighted by Crippen LogP contribution is -2.39. The number of amides is 2. The summed E-state index contributed by atoms with van der Waals surface area (Å²) in [4.78, 5) is 22.1. The third-order valence-electron chi connectivity index (χ3n) is 6.09. The van der Waals surface area contributed by atoms with Gasteiger partial charge in [0, 0.05) is 37.9 Å². The number of para-hydroxylation sites is 2. The molecule has 3 aromatic rings. The quantitative estimate of drug-likeness (QED) is 0.559. The Hall–Kier alpha value is -4.00. The van der Waals surface area contributed by atoms with Gasteiger partial charge < -0.3 is 24.6 Å². The van der Waals surface area contributed by atoms with E-state index in [0.717, 1.165) is 52.8 Å². The van der Waals surface area contributed by atoms with Crippen LogP contribution in [0.15, 0.2) is 71.7 Å². The summed E-state index contributed by atoms with van der Waals surface area (Å²) < 4.78 is 11.5. The van der Waals surface area contributed by atoms with Gasteiger partial charge in [-0.05, 0) is 49.7 Å².